The van der Waals surface area contributed by atoms with Gasteiger partial charge in [-0.25, -0.2) is 0 Å². The van der Waals surface area contributed by atoms with Gasteiger partial charge in [0.15, 0.2) is 0 Å². The topological polar surface area (TPSA) is 72.8 Å². The van der Waals surface area contributed by atoms with Crippen molar-refractivity contribution in [2.75, 3.05) is 7.11 Å². The lowest BCUT2D eigenvalue weighted by Crippen LogP contribution is -2.59. The van der Waals surface area contributed by atoms with Crippen LogP contribution in [0.4, 0.5) is 0 Å². The zero-order chi connectivity index (χ0) is 23.3. The standard InChI is InChI=1S/C27H44O5/c1-16(6-9-24(30)31-5)20-7-8-21-25-22(11-13-27(20,21)4)26(3)12-10-19(29)14-18(26)15-23(25)32-17(2)28/h16,18-23,25,29H,6-15H2,1-5H3/t16-,18+,19-,20-,21+,22+,23+,25+,26-,27+/m0/s1. The molecular weight excluding hydrogens is 404 g/mol. The molecule has 0 aromatic rings. The largest absolute Gasteiger partial charge is 0.469 e. The number of methoxy groups -OCH3 is 1. The molecular formula is C27H44O5. The van der Waals surface area contributed by atoms with Gasteiger partial charge in [0.05, 0.1) is 13.2 Å². The average Bonchev–Trinajstić information content (AvgIpc) is 3.09. The van der Waals surface area contributed by atoms with E-state index in [1.165, 1.54) is 32.8 Å². The number of fused-ring (bicyclic) bond motifs is 5. The molecule has 182 valence electrons. The summed E-state index contributed by atoms with van der Waals surface area (Å²) in [6.45, 7) is 8.83. The Morgan fingerprint density at radius 3 is 2.41 bits per heavy atom. The first-order valence-corrected chi connectivity index (χ1v) is 13.0. The fourth-order valence-electron chi connectivity index (χ4n) is 9.13. The minimum absolute atomic E-state index is 0.0189. The van der Waals surface area contributed by atoms with Crippen LogP contribution >= 0.6 is 0 Å². The lowest BCUT2D eigenvalue weighted by atomic mass is 9.43. The van der Waals surface area contributed by atoms with Crippen LogP contribution in [-0.2, 0) is 19.1 Å². The summed E-state index contributed by atoms with van der Waals surface area (Å²) in [5.74, 6) is 2.83. The molecule has 0 heterocycles. The highest BCUT2D eigenvalue weighted by Crippen LogP contribution is 2.68. The Labute approximate surface area is 194 Å². The van der Waals surface area contributed by atoms with E-state index in [1.54, 1.807) is 6.92 Å². The van der Waals surface area contributed by atoms with E-state index in [1.807, 2.05) is 0 Å². The lowest BCUT2D eigenvalue weighted by molar-refractivity contribution is -0.194. The molecule has 0 radical (unpaired) electrons. The first-order chi connectivity index (χ1) is 15.1. The maximum atomic E-state index is 12.1. The molecule has 4 fully saturated rings. The van der Waals surface area contributed by atoms with Crippen LogP contribution in [0.15, 0.2) is 0 Å². The smallest absolute Gasteiger partial charge is 0.305 e. The van der Waals surface area contributed by atoms with E-state index in [-0.39, 0.29) is 35.0 Å². The van der Waals surface area contributed by atoms with Gasteiger partial charge in [0.2, 0.25) is 0 Å². The maximum absolute atomic E-state index is 12.1. The number of rotatable bonds is 5. The zero-order valence-corrected chi connectivity index (χ0v) is 20.8. The Balaban J connectivity index is 1.59. The maximum Gasteiger partial charge on any atom is 0.305 e. The van der Waals surface area contributed by atoms with Gasteiger partial charge < -0.3 is 14.6 Å². The molecule has 0 aromatic heterocycles. The molecule has 4 aliphatic carbocycles. The Bertz CT molecular complexity index is 721. The molecule has 4 saturated carbocycles. The predicted molar refractivity (Wildman–Crippen MR) is 123 cm³/mol. The van der Waals surface area contributed by atoms with Gasteiger partial charge in [-0.15, -0.1) is 0 Å². The Morgan fingerprint density at radius 2 is 1.72 bits per heavy atom. The molecule has 0 aromatic carbocycles. The van der Waals surface area contributed by atoms with Gasteiger partial charge >= 0.3 is 11.9 Å². The molecule has 0 bridgehead atoms. The lowest BCUT2D eigenvalue weighted by Gasteiger charge is -2.62. The number of hydrogen-bond acceptors (Lipinski definition) is 5. The molecule has 4 rings (SSSR count). The van der Waals surface area contributed by atoms with E-state index < -0.39 is 0 Å². The van der Waals surface area contributed by atoms with E-state index in [0.29, 0.717) is 41.9 Å². The summed E-state index contributed by atoms with van der Waals surface area (Å²) in [5, 5.41) is 10.4. The summed E-state index contributed by atoms with van der Waals surface area (Å²) < 4.78 is 10.9. The van der Waals surface area contributed by atoms with Crippen molar-refractivity contribution in [2.45, 2.75) is 104 Å². The number of ether oxygens (including phenoxy) is 2. The SMILES string of the molecule is COC(=O)CC[C@H](C)[C@@H]1CC[C@@H]2[C@@H]3[C@@H](CC[C@@]21C)[C@@]1(C)CC[C@H](O)C[C@@H]1C[C@H]3OC(C)=O. The zero-order valence-electron chi connectivity index (χ0n) is 20.8. The summed E-state index contributed by atoms with van der Waals surface area (Å²) in [6, 6.07) is 0. The van der Waals surface area contributed by atoms with Crippen molar-refractivity contribution in [3.63, 3.8) is 0 Å². The fourth-order valence-corrected chi connectivity index (χ4v) is 9.13. The van der Waals surface area contributed by atoms with Gasteiger partial charge in [-0.3, -0.25) is 9.59 Å². The fraction of sp³-hybridized carbons (Fsp3) is 0.926. The normalized spacial score (nSPS) is 46.4. The van der Waals surface area contributed by atoms with Gasteiger partial charge in [0, 0.05) is 19.3 Å². The summed E-state index contributed by atoms with van der Waals surface area (Å²) in [7, 11) is 1.47. The highest BCUT2D eigenvalue weighted by Gasteiger charge is 2.63. The second kappa shape index (κ2) is 8.92. The number of aliphatic hydroxyl groups excluding tert-OH is 1. The van der Waals surface area contributed by atoms with E-state index >= 15 is 0 Å². The number of esters is 2. The molecule has 0 unspecified atom stereocenters. The molecule has 5 heteroatoms. The number of carbonyl (C=O) groups excluding carboxylic acids is 2. The van der Waals surface area contributed by atoms with Crippen molar-refractivity contribution in [1.82, 2.24) is 0 Å². The Kier molecular flexibility index (Phi) is 6.70. The van der Waals surface area contributed by atoms with Gasteiger partial charge in [-0.2, -0.15) is 0 Å². The van der Waals surface area contributed by atoms with Gasteiger partial charge in [-0.05, 0) is 98.2 Å². The summed E-state index contributed by atoms with van der Waals surface area (Å²) in [4.78, 5) is 23.8. The van der Waals surface area contributed by atoms with Gasteiger partial charge in [0.1, 0.15) is 6.10 Å². The molecule has 32 heavy (non-hydrogen) atoms. The molecule has 10 atom stereocenters. The van der Waals surface area contributed by atoms with Crippen molar-refractivity contribution < 1.29 is 24.2 Å². The average molecular weight is 449 g/mol. The third-order valence-corrected chi connectivity index (χ3v) is 10.7. The van der Waals surface area contributed by atoms with Gasteiger partial charge in [-0.1, -0.05) is 20.8 Å². The predicted octanol–water partition coefficient (Wildman–Crippen LogP) is 5.14. The summed E-state index contributed by atoms with van der Waals surface area (Å²) >= 11 is 0. The quantitative estimate of drug-likeness (QED) is 0.590. The molecule has 4 aliphatic rings. The van der Waals surface area contributed by atoms with Crippen LogP contribution < -0.4 is 0 Å². The first-order valence-electron chi connectivity index (χ1n) is 13.0. The molecule has 0 aliphatic heterocycles. The highest BCUT2D eigenvalue weighted by atomic mass is 16.5. The minimum Gasteiger partial charge on any atom is -0.469 e. The van der Waals surface area contributed by atoms with E-state index in [0.717, 1.165) is 32.1 Å². The van der Waals surface area contributed by atoms with Crippen LogP contribution in [0.3, 0.4) is 0 Å². The van der Waals surface area contributed by atoms with Crippen molar-refractivity contribution >= 4 is 11.9 Å². The van der Waals surface area contributed by atoms with Crippen LogP contribution in [0, 0.1) is 46.3 Å². The Morgan fingerprint density at radius 1 is 1.03 bits per heavy atom. The van der Waals surface area contributed by atoms with Crippen LogP contribution in [-0.4, -0.2) is 36.4 Å². The van der Waals surface area contributed by atoms with Crippen molar-refractivity contribution in [3.8, 4) is 0 Å². The van der Waals surface area contributed by atoms with Crippen LogP contribution in [0.5, 0.6) is 0 Å². The monoisotopic (exact) mass is 448 g/mol. The first kappa shape index (κ1) is 24.0. The molecule has 0 spiro atoms. The molecule has 1 N–H and O–H groups in total. The highest BCUT2D eigenvalue weighted by molar-refractivity contribution is 5.69. The van der Waals surface area contributed by atoms with E-state index in [4.69, 9.17) is 9.47 Å². The molecule has 0 saturated heterocycles. The molecule has 0 amide bonds. The second-order valence-electron chi connectivity index (χ2n) is 12.1. The summed E-state index contributed by atoms with van der Waals surface area (Å²) in [5.41, 5.74) is 0.489. The van der Waals surface area contributed by atoms with Crippen molar-refractivity contribution in [3.05, 3.63) is 0 Å². The van der Waals surface area contributed by atoms with Crippen LogP contribution in [0.1, 0.15) is 91.9 Å². The van der Waals surface area contributed by atoms with E-state index in [2.05, 4.69) is 20.8 Å². The number of carbonyl (C=O) groups is 2. The van der Waals surface area contributed by atoms with Crippen LogP contribution in [0.25, 0.3) is 0 Å². The molecule has 5 nitrogen and oxygen atoms in total. The van der Waals surface area contributed by atoms with Crippen molar-refractivity contribution in [2.24, 2.45) is 46.3 Å². The Hall–Kier alpha value is -1.10. The van der Waals surface area contributed by atoms with Gasteiger partial charge in [0.25, 0.3) is 0 Å². The third kappa shape index (κ3) is 4.01. The second-order valence-corrected chi connectivity index (χ2v) is 12.1. The van der Waals surface area contributed by atoms with E-state index in [9.17, 15) is 14.7 Å². The third-order valence-electron chi connectivity index (χ3n) is 10.7. The van der Waals surface area contributed by atoms with Crippen molar-refractivity contribution in [1.29, 1.82) is 0 Å². The number of hydrogen-bond donors (Lipinski definition) is 1. The number of aliphatic hydroxyl groups is 1. The summed E-state index contributed by atoms with van der Waals surface area (Å²) in [6.07, 6.45) is 9.75. The van der Waals surface area contributed by atoms with Crippen LogP contribution in [0.2, 0.25) is 0 Å². The minimum atomic E-state index is -0.206.